The first-order valence-electron chi connectivity index (χ1n) is 9.28. The minimum Gasteiger partial charge on any atom is -0.346 e. The lowest BCUT2D eigenvalue weighted by molar-refractivity contribution is 0.0951. The maximum absolute atomic E-state index is 12.7. The van der Waals surface area contributed by atoms with Crippen molar-refractivity contribution in [3.05, 3.63) is 102 Å². The Morgan fingerprint density at radius 2 is 1.79 bits per heavy atom. The monoisotopic (exact) mass is 384 g/mol. The molecule has 0 aliphatic carbocycles. The molecule has 0 bridgehead atoms. The Morgan fingerprint density at radius 3 is 2.62 bits per heavy atom. The summed E-state index contributed by atoms with van der Waals surface area (Å²) in [7, 11) is 0. The quantitative estimate of drug-likeness (QED) is 0.549. The molecule has 0 fully saturated rings. The number of hydrogen-bond donors (Lipinski definition) is 2. The number of pyridine rings is 1. The normalized spacial score (nSPS) is 10.7. The summed E-state index contributed by atoms with van der Waals surface area (Å²) in [5, 5.41) is 5.71. The van der Waals surface area contributed by atoms with Gasteiger partial charge in [0, 0.05) is 18.0 Å². The van der Waals surface area contributed by atoms with Gasteiger partial charge in [0.1, 0.15) is 5.65 Å². The second kappa shape index (κ2) is 7.98. The molecule has 6 heteroatoms. The van der Waals surface area contributed by atoms with E-state index in [-0.39, 0.29) is 11.8 Å². The van der Waals surface area contributed by atoms with E-state index in [1.165, 1.54) is 0 Å². The predicted molar refractivity (Wildman–Crippen MR) is 112 cm³/mol. The Bertz CT molecular complexity index is 1160. The number of fused-ring (bicyclic) bond motifs is 1. The van der Waals surface area contributed by atoms with Crippen molar-refractivity contribution in [3.8, 4) is 0 Å². The number of rotatable bonds is 5. The molecule has 2 heterocycles. The van der Waals surface area contributed by atoms with E-state index in [9.17, 15) is 9.59 Å². The number of carbonyl (C=O) groups excluding carboxylic acids is 2. The highest BCUT2D eigenvalue weighted by Gasteiger charge is 2.14. The standard InChI is InChI=1S/C23H20N4O2/c1-16-7-6-8-17(13-16)22(28)26-20-10-3-2-9-19(20)23(29)24-14-18-15-27-12-5-4-11-21(27)25-18/h2-13,15H,14H2,1H3,(H,24,29)(H,26,28). The number of aromatic nitrogens is 2. The van der Waals surface area contributed by atoms with Gasteiger partial charge in [-0.15, -0.1) is 0 Å². The minimum atomic E-state index is -0.276. The Kier molecular flexibility index (Phi) is 5.07. The van der Waals surface area contributed by atoms with Crippen molar-refractivity contribution in [2.24, 2.45) is 0 Å². The van der Waals surface area contributed by atoms with E-state index in [1.807, 2.05) is 54.0 Å². The summed E-state index contributed by atoms with van der Waals surface area (Å²) < 4.78 is 1.90. The van der Waals surface area contributed by atoms with Gasteiger partial charge in [0.2, 0.25) is 0 Å². The Hall–Kier alpha value is -3.93. The van der Waals surface area contributed by atoms with Crippen LogP contribution >= 0.6 is 0 Å². The number of nitrogens with one attached hydrogen (secondary N) is 2. The number of aryl methyl sites for hydroxylation is 1. The van der Waals surface area contributed by atoms with Crippen molar-refractivity contribution in [2.75, 3.05) is 5.32 Å². The van der Waals surface area contributed by atoms with Crippen molar-refractivity contribution < 1.29 is 9.59 Å². The number of imidazole rings is 1. The van der Waals surface area contributed by atoms with Gasteiger partial charge in [0.15, 0.2) is 0 Å². The molecule has 0 saturated heterocycles. The molecule has 0 atom stereocenters. The third-order valence-electron chi connectivity index (χ3n) is 4.54. The molecule has 0 spiro atoms. The number of para-hydroxylation sites is 1. The largest absolute Gasteiger partial charge is 0.346 e. The molecule has 0 saturated carbocycles. The molecule has 4 aromatic rings. The fourth-order valence-corrected chi connectivity index (χ4v) is 3.11. The number of carbonyl (C=O) groups is 2. The highest BCUT2D eigenvalue weighted by Crippen LogP contribution is 2.17. The molecule has 144 valence electrons. The first kappa shape index (κ1) is 18.4. The molecular formula is C23H20N4O2. The Labute approximate surface area is 168 Å². The van der Waals surface area contributed by atoms with Crippen LogP contribution in [0.1, 0.15) is 32.0 Å². The zero-order chi connectivity index (χ0) is 20.2. The maximum atomic E-state index is 12.7. The van der Waals surface area contributed by atoms with E-state index in [1.54, 1.807) is 36.4 Å². The summed E-state index contributed by atoms with van der Waals surface area (Å²) in [6.45, 7) is 2.22. The van der Waals surface area contributed by atoms with Crippen LogP contribution in [0.5, 0.6) is 0 Å². The minimum absolute atomic E-state index is 0.255. The molecule has 0 unspecified atom stereocenters. The zero-order valence-electron chi connectivity index (χ0n) is 15.9. The average Bonchev–Trinajstić information content (AvgIpc) is 3.15. The fourth-order valence-electron chi connectivity index (χ4n) is 3.11. The summed E-state index contributed by atoms with van der Waals surface area (Å²) in [5.41, 5.74) is 3.98. The number of hydrogen-bond acceptors (Lipinski definition) is 3. The average molecular weight is 384 g/mol. The van der Waals surface area contributed by atoms with E-state index in [4.69, 9.17) is 0 Å². The smallest absolute Gasteiger partial charge is 0.255 e. The Balaban J connectivity index is 1.48. The van der Waals surface area contributed by atoms with Crippen LogP contribution in [0.15, 0.2) is 79.1 Å². The first-order chi connectivity index (χ1) is 14.1. The van der Waals surface area contributed by atoms with Crippen molar-refractivity contribution in [3.63, 3.8) is 0 Å². The van der Waals surface area contributed by atoms with Crippen LogP contribution in [-0.2, 0) is 6.54 Å². The third-order valence-corrected chi connectivity index (χ3v) is 4.54. The van der Waals surface area contributed by atoms with Crippen LogP contribution in [0.2, 0.25) is 0 Å². The summed E-state index contributed by atoms with van der Waals surface area (Å²) >= 11 is 0. The molecule has 6 nitrogen and oxygen atoms in total. The predicted octanol–water partition coefficient (Wildman–Crippen LogP) is 3.83. The highest BCUT2D eigenvalue weighted by molar-refractivity contribution is 6.09. The van der Waals surface area contributed by atoms with Gasteiger partial charge < -0.3 is 15.0 Å². The second-order valence-corrected chi connectivity index (χ2v) is 6.75. The maximum Gasteiger partial charge on any atom is 0.255 e. The van der Waals surface area contributed by atoms with E-state index in [0.717, 1.165) is 16.9 Å². The summed E-state index contributed by atoms with van der Waals surface area (Å²) in [6, 6.07) is 20.0. The Morgan fingerprint density at radius 1 is 0.966 bits per heavy atom. The molecule has 0 aliphatic rings. The zero-order valence-corrected chi connectivity index (χ0v) is 15.9. The van der Waals surface area contributed by atoms with Gasteiger partial charge in [-0.2, -0.15) is 0 Å². The van der Waals surface area contributed by atoms with Crippen molar-refractivity contribution in [1.29, 1.82) is 0 Å². The number of benzene rings is 2. The van der Waals surface area contributed by atoms with Crippen LogP contribution in [0, 0.1) is 6.92 Å². The van der Waals surface area contributed by atoms with Crippen LogP contribution < -0.4 is 10.6 Å². The first-order valence-corrected chi connectivity index (χ1v) is 9.28. The fraction of sp³-hybridized carbons (Fsp3) is 0.0870. The summed E-state index contributed by atoms with van der Waals surface area (Å²) in [4.78, 5) is 29.8. The van der Waals surface area contributed by atoms with Crippen molar-refractivity contribution >= 4 is 23.1 Å². The molecule has 0 radical (unpaired) electrons. The molecule has 29 heavy (non-hydrogen) atoms. The topological polar surface area (TPSA) is 75.5 Å². The molecule has 2 amide bonds. The van der Waals surface area contributed by atoms with E-state index >= 15 is 0 Å². The van der Waals surface area contributed by atoms with Crippen molar-refractivity contribution in [2.45, 2.75) is 13.5 Å². The number of amides is 2. The van der Waals surface area contributed by atoms with E-state index < -0.39 is 0 Å². The summed E-state index contributed by atoms with van der Waals surface area (Å²) in [6.07, 6.45) is 3.78. The van der Waals surface area contributed by atoms with Gasteiger partial charge in [-0.1, -0.05) is 35.9 Å². The van der Waals surface area contributed by atoms with Gasteiger partial charge in [0.25, 0.3) is 11.8 Å². The molecule has 4 rings (SSSR count). The summed E-state index contributed by atoms with van der Waals surface area (Å²) in [5.74, 6) is -0.531. The van der Waals surface area contributed by atoms with Crippen LogP contribution in [0.25, 0.3) is 5.65 Å². The van der Waals surface area contributed by atoms with Gasteiger partial charge in [0.05, 0.1) is 23.5 Å². The van der Waals surface area contributed by atoms with E-state index in [0.29, 0.717) is 23.4 Å². The molecular weight excluding hydrogens is 364 g/mol. The van der Waals surface area contributed by atoms with Crippen LogP contribution in [0.3, 0.4) is 0 Å². The molecule has 2 N–H and O–H groups in total. The van der Waals surface area contributed by atoms with Gasteiger partial charge in [-0.25, -0.2) is 4.98 Å². The van der Waals surface area contributed by atoms with Crippen LogP contribution in [-0.4, -0.2) is 21.2 Å². The van der Waals surface area contributed by atoms with Gasteiger partial charge >= 0.3 is 0 Å². The SMILES string of the molecule is Cc1cccc(C(=O)Nc2ccccc2C(=O)NCc2cn3ccccc3n2)c1. The molecule has 2 aromatic heterocycles. The van der Waals surface area contributed by atoms with Gasteiger partial charge in [-0.3, -0.25) is 9.59 Å². The van der Waals surface area contributed by atoms with E-state index in [2.05, 4.69) is 15.6 Å². The molecule has 0 aliphatic heterocycles. The lowest BCUT2D eigenvalue weighted by Gasteiger charge is -2.11. The van der Waals surface area contributed by atoms with Gasteiger partial charge in [-0.05, 0) is 43.3 Å². The lowest BCUT2D eigenvalue weighted by atomic mass is 10.1. The second-order valence-electron chi connectivity index (χ2n) is 6.75. The third kappa shape index (κ3) is 4.16. The molecule has 2 aromatic carbocycles. The highest BCUT2D eigenvalue weighted by atomic mass is 16.2. The van der Waals surface area contributed by atoms with Crippen molar-refractivity contribution in [1.82, 2.24) is 14.7 Å². The lowest BCUT2D eigenvalue weighted by Crippen LogP contribution is -2.25. The number of anilines is 1. The number of nitrogens with zero attached hydrogens (tertiary/aromatic N) is 2. The van der Waals surface area contributed by atoms with Crippen LogP contribution in [0.4, 0.5) is 5.69 Å².